The first kappa shape index (κ1) is 19.8. The van der Waals surface area contributed by atoms with Crippen LogP contribution in [0.3, 0.4) is 0 Å². The van der Waals surface area contributed by atoms with Crippen LogP contribution in [0, 0.1) is 35.5 Å². The van der Waals surface area contributed by atoms with Crippen LogP contribution in [-0.2, 0) is 4.79 Å². The molecule has 0 saturated heterocycles. The molecule has 5 nitrogen and oxygen atoms in total. The number of imidazole rings is 1. The highest BCUT2D eigenvalue weighted by Crippen LogP contribution is 2.58. The highest BCUT2D eigenvalue weighted by Gasteiger charge is 2.52. The second-order valence-corrected chi connectivity index (χ2v) is 10.5. The number of carbonyl (C=O) groups excluding carboxylic acids is 1. The molecule has 2 aromatic rings. The van der Waals surface area contributed by atoms with E-state index in [1.165, 1.54) is 25.5 Å². The minimum Gasteiger partial charge on any atom is -0.328 e. The zero-order valence-corrected chi connectivity index (χ0v) is 18.8. The Kier molecular flexibility index (Phi) is 4.87. The number of fused-ring (bicyclic) bond motifs is 7. The van der Waals surface area contributed by atoms with Gasteiger partial charge in [0, 0.05) is 36.5 Å². The molecule has 2 aromatic heterocycles. The second kappa shape index (κ2) is 7.63. The van der Waals surface area contributed by atoms with Crippen molar-refractivity contribution in [3.63, 3.8) is 0 Å². The number of aromatic nitrogens is 3. The van der Waals surface area contributed by atoms with Crippen molar-refractivity contribution < 1.29 is 4.79 Å². The van der Waals surface area contributed by atoms with E-state index in [1.807, 2.05) is 6.20 Å². The van der Waals surface area contributed by atoms with Gasteiger partial charge in [-0.1, -0.05) is 29.3 Å². The van der Waals surface area contributed by atoms with Crippen LogP contribution in [0.2, 0.25) is 10.0 Å². The number of amides is 1. The summed E-state index contributed by atoms with van der Waals surface area (Å²) >= 11 is 12.2. The monoisotopic (exact) mass is 456 g/mol. The van der Waals surface area contributed by atoms with Crippen LogP contribution in [0.25, 0.3) is 6.08 Å². The Balaban J connectivity index is 1.18. The van der Waals surface area contributed by atoms with E-state index < -0.39 is 0 Å². The lowest BCUT2D eigenvalue weighted by Crippen LogP contribution is -2.44. The number of rotatable bonds is 2. The Bertz CT molecular complexity index is 1050. The van der Waals surface area contributed by atoms with Gasteiger partial charge in [0.25, 0.3) is 0 Å². The molecule has 3 aliphatic carbocycles. The summed E-state index contributed by atoms with van der Waals surface area (Å²) in [4.78, 5) is 21.8. The van der Waals surface area contributed by atoms with Crippen molar-refractivity contribution in [1.29, 1.82) is 0 Å². The minimum absolute atomic E-state index is 0.0550. The summed E-state index contributed by atoms with van der Waals surface area (Å²) in [5.41, 5.74) is 0. The van der Waals surface area contributed by atoms with E-state index in [2.05, 4.69) is 38.2 Å². The van der Waals surface area contributed by atoms with Gasteiger partial charge in [0.05, 0.1) is 10.0 Å². The van der Waals surface area contributed by atoms with Crippen molar-refractivity contribution in [2.45, 2.75) is 44.6 Å². The third-order valence-electron chi connectivity index (χ3n) is 8.46. The van der Waals surface area contributed by atoms with Gasteiger partial charge in [-0.05, 0) is 74.3 Å². The zero-order valence-electron chi connectivity index (χ0n) is 17.3. The van der Waals surface area contributed by atoms with E-state index in [0.717, 1.165) is 36.9 Å². The highest BCUT2D eigenvalue weighted by atomic mass is 35.5. The third kappa shape index (κ3) is 3.23. The van der Waals surface area contributed by atoms with Crippen molar-refractivity contribution in [2.75, 3.05) is 5.32 Å². The second-order valence-electron chi connectivity index (χ2n) is 9.66. The smallest absolute Gasteiger partial charge is 0.228 e. The molecule has 7 atom stereocenters. The van der Waals surface area contributed by atoms with E-state index in [-0.39, 0.29) is 11.8 Å². The van der Waals surface area contributed by atoms with Gasteiger partial charge in [-0.25, -0.2) is 9.97 Å². The van der Waals surface area contributed by atoms with E-state index >= 15 is 0 Å². The van der Waals surface area contributed by atoms with Crippen molar-refractivity contribution in [3.05, 3.63) is 46.6 Å². The molecule has 0 bridgehead atoms. The quantitative estimate of drug-likeness (QED) is 0.614. The molecule has 1 N–H and O–H groups in total. The van der Waals surface area contributed by atoms with Crippen LogP contribution in [0.4, 0.5) is 5.82 Å². The Labute approximate surface area is 192 Å². The van der Waals surface area contributed by atoms with Crippen LogP contribution in [0.1, 0.15) is 50.4 Å². The number of anilines is 1. The number of nitrogens with one attached hydrogen (secondary N) is 1. The molecule has 162 valence electrons. The predicted octanol–water partition coefficient (Wildman–Crippen LogP) is 5.87. The van der Waals surface area contributed by atoms with Gasteiger partial charge in [0.2, 0.25) is 5.91 Å². The normalized spacial score (nSPS) is 35.6. The molecule has 6 rings (SSSR count). The number of hydrogen-bond donors (Lipinski definition) is 1. The van der Waals surface area contributed by atoms with Gasteiger partial charge >= 0.3 is 0 Å². The largest absolute Gasteiger partial charge is 0.328 e. The van der Waals surface area contributed by atoms with Gasteiger partial charge in [-0.2, -0.15) is 0 Å². The number of allylic oxidation sites excluding steroid dienone is 1. The van der Waals surface area contributed by atoms with Crippen LogP contribution in [0.5, 0.6) is 0 Å². The summed E-state index contributed by atoms with van der Waals surface area (Å²) in [6, 6.07) is 2.18. The molecule has 1 unspecified atom stereocenters. The molecule has 3 fully saturated rings. The average Bonchev–Trinajstić information content (AvgIpc) is 3.42. The highest BCUT2D eigenvalue weighted by molar-refractivity contribution is 6.36. The summed E-state index contributed by atoms with van der Waals surface area (Å²) in [7, 11) is 0. The molecule has 0 aromatic carbocycles. The Morgan fingerprint density at radius 2 is 1.77 bits per heavy atom. The fraction of sp³-hybridized carbons (Fsp3) is 0.542. The third-order valence-corrected chi connectivity index (χ3v) is 8.95. The molecular formula is C24H26Cl2N4O. The molecule has 31 heavy (non-hydrogen) atoms. The lowest BCUT2D eigenvalue weighted by molar-refractivity contribution is -0.122. The molecule has 1 amide bonds. The van der Waals surface area contributed by atoms with Crippen LogP contribution in [-0.4, -0.2) is 20.4 Å². The number of halogens is 2. The molecule has 7 heteroatoms. The maximum atomic E-state index is 13.1. The van der Waals surface area contributed by atoms with E-state index in [4.69, 9.17) is 23.2 Å². The van der Waals surface area contributed by atoms with Gasteiger partial charge in [-0.15, -0.1) is 0 Å². The lowest BCUT2D eigenvalue weighted by atomic mass is 9.56. The van der Waals surface area contributed by atoms with Crippen molar-refractivity contribution in [2.24, 2.45) is 35.5 Å². The Morgan fingerprint density at radius 1 is 1.00 bits per heavy atom. The summed E-state index contributed by atoms with van der Waals surface area (Å²) in [5, 5.41) is 3.83. The first-order valence-electron chi connectivity index (χ1n) is 11.4. The van der Waals surface area contributed by atoms with Crippen LogP contribution < -0.4 is 5.32 Å². The summed E-state index contributed by atoms with van der Waals surface area (Å²) in [6.07, 6.45) is 17.2. The standard InChI is InChI=1S/C24H26Cl2N4O/c25-13-11-20(26)23(28-12-13)29-24(31)19-4-3-14-15-5-7-21-18(16(15)1-2-17(14)19)6-8-22-27-9-10-30(21)22/h6,8-12,14-19,21H,1-5,7H2,(H,28,29,31)/t14-,15-,16-,17-,18+,19+,21?/m0/s1. The fourth-order valence-corrected chi connectivity index (χ4v) is 7.70. The first-order chi connectivity index (χ1) is 15.1. The van der Waals surface area contributed by atoms with E-state index in [0.29, 0.717) is 39.7 Å². The maximum Gasteiger partial charge on any atom is 0.228 e. The van der Waals surface area contributed by atoms with Gasteiger partial charge in [0.15, 0.2) is 5.82 Å². The summed E-state index contributed by atoms with van der Waals surface area (Å²) < 4.78 is 2.39. The Morgan fingerprint density at radius 3 is 2.65 bits per heavy atom. The SMILES string of the molecule is O=C(Nc1ncc(Cl)cc1Cl)[C@@H]1CC[C@H]2[C@@H]3CCC4[C@H](C=Cc5nccn54)[C@H]3CC[C@@H]21. The number of carbonyl (C=O) groups is 1. The molecular weight excluding hydrogens is 431 g/mol. The van der Waals surface area contributed by atoms with Crippen molar-refractivity contribution in [1.82, 2.24) is 14.5 Å². The lowest BCUT2D eigenvalue weighted by Gasteiger charge is -2.51. The molecule has 4 aliphatic rings. The fourth-order valence-electron chi connectivity index (χ4n) is 7.28. The van der Waals surface area contributed by atoms with Gasteiger partial charge in [0.1, 0.15) is 5.82 Å². The van der Waals surface area contributed by atoms with E-state index in [9.17, 15) is 4.79 Å². The van der Waals surface area contributed by atoms with E-state index in [1.54, 1.807) is 6.07 Å². The number of nitrogens with zero attached hydrogens (tertiary/aromatic N) is 3. The van der Waals surface area contributed by atoms with Gasteiger partial charge < -0.3 is 9.88 Å². The molecule has 3 heterocycles. The maximum absolute atomic E-state index is 13.1. The van der Waals surface area contributed by atoms with Crippen LogP contribution >= 0.6 is 23.2 Å². The van der Waals surface area contributed by atoms with Crippen LogP contribution in [0.15, 0.2) is 30.7 Å². The minimum atomic E-state index is 0.0550. The zero-order chi connectivity index (χ0) is 21.1. The summed E-state index contributed by atoms with van der Waals surface area (Å²) in [6.45, 7) is 0. The number of pyridine rings is 1. The molecule has 3 saturated carbocycles. The number of hydrogen-bond acceptors (Lipinski definition) is 3. The molecule has 0 radical (unpaired) electrons. The Hall–Kier alpha value is -1.85. The topological polar surface area (TPSA) is 59.8 Å². The predicted molar refractivity (Wildman–Crippen MR) is 122 cm³/mol. The van der Waals surface area contributed by atoms with Crippen molar-refractivity contribution in [3.8, 4) is 0 Å². The summed E-state index contributed by atoms with van der Waals surface area (Å²) in [5.74, 6) is 4.81. The molecule has 0 spiro atoms. The molecule has 1 aliphatic heterocycles. The average molecular weight is 457 g/mol. The van der Waals surface area contributed by atoms with Gasteiger partial charge in [-0.3, -0.25) is 4.79 Å². The first-order valence-corrected chi connectivity index (χ1v) is 12.2. The van der Waals surface area contributed by atoms with Crippen molar-refractivity contribution >= 4 is 41.0 Å².